The Labute approximate surface area is 117 Å². The Kier molecular flexibility index (Phi) is 3.71. The van der Waals surface area contributed by atoms with Crippen LogP contribution in [-0.2, 0) is 11.5 Å². The van der Waals surface area contributed by atoms with Crippen molar-refractivity contribution < 1.29 is 13.2 Å². The van der Waals surface area contributed by atoms with Crippen molar-refractivity contribution in [3.05, 3.63) is 46.8 Å². The summed E-state index contributed by atoms with van der Waals surface area (Å²) in [5.74, 6) is 0. The second-order valence-corrected chi connectivity index (χ2v) is 4.91. The topological polar surface area (TPSA) is 17.8 Å². The largest absolute Gasteiger partial charge is 0.433 e. The van der Waals surface area contributed by atoms with Crippen LogP contribution in [0.5, 0.6) is 0 Å². The minimum absolute atomic E-state index is 0.118. The van der Waals surface area contributed by atoms with E-state index in [1.807, 2.05) is 13.0 Å². The Bertz CT molecular complexity index is 602. The molecule has 19 heavy (non-hydrogen) atoms. The van der Waals surface area contributed by atoms with E-state index in [1.165, 1.54) is 6.20 Å². The molecule has 1 aromatic carbocycles. The molecule has 0 saturated carbocycles. The van der Waals surface area contributed by atoms with Crippen molar-refractivity contribution in [1.82, 2.24) is 9.78 Å². The van der Waals surface area contributed by atoms with Crippen LogP contribution in [0.4, 0.5) is 13.2 Å². The van der Waals surface area contributed by atoms with Gasteiger partial charge in [-0.15, -0.1) is 0 Å². The molecule has 0 bridgehead atoms. The van der Waals surface area contributed by atoms with Crippen LogP contribution in [0.2, 0.25) is 0 Å². The highest BCUT2D eigenvalue weighted by Gasteiger charge is 2.38. The minimum atomic E-state index is -4.43. The fraction of sp³-hybridized carbons (Fsp3) is 0.308. The molecule has 0 aliphatic carbocycles. The lowest BCUT2D eigenvalue weighted by molar-refractivity contribution is -0.143. The van der Waals surface area contributed by atoms with Crippen LogP contribution in [-0.4, -0.2) is 9.78 Å². The Morgan fingerprint density at radius 3 is 2.47 bits per heavy atom. The van der Waals surface area contributed by atoms with E-state index in [1.54, 1.807) is 19.1 Å². The van der Waals surface area contributed by atoms with Gasteiger partial charge in [0.05, 0.1) is 11.9 Å². The van der Waals surface area contributed by atoms with Gasteiger partial charge in [0.15, 0.2) is 5.69 Å². The molecule has 0 amide bonds. The smallest absolute Gasteiger partial charge is 0.228 e. The normalized spacial score (nSPS) is 11.9. The molecule has 102 valence electrons. The van der Waals surface area contributed by atoms with Crippen LogP contribution in [0.25, 0.3) is 5.69 Å². The van der Waals surface area contributed by atoms with E-state index >= 15 is 0 Å². The highest BCUT2D eigenvalue weighted by Crippen LogP contribution is 2.35. The average molecular weight is 333 g/mol. The van der Waals surface area contributed by atoms with Gasteiger partial charge in [0.1, 0.15) is 0 Å². The molecule has 2 rings (SSSR count). The molecule has 0 atom stereocenters. The van der Waals surface area contributed by atoms with E-state index in [0.29, 0.717) is 5.69 Å². The van der Waals surface area contributed by atoms with E-state index in [4.69, 9.17) is 0 Å². The summed E-state index contributed by atoms with van der Waals surface area (Å²) in [6.07, 6.45) is -3.19. The Hall–Kier alpha value is -1.30. The fourth-order valence-corrected chi connectivity index (χ4v) is 2.42. The summed E-state index contributed by atoms with van der Waals surface area (Å²) >= 11 is 3.06. The van der Waals surface area contributed by atoms with Crippen LogP contribution in [0.1, 0.15) is 22.4 Å². The van der Waals surface area contributed by atoms with Crippen molar-refractivity contribution in [2.75, 3.05) is 0 Å². The van der Waals surface area contributed by atoms with Gasteiger partial charge in [0.2, 0.25) is 0 Å². The van der Waals surface area contributed by atoms with Gasteiger partial charge in [-0.25, -0.2) is 4.68 Å². The van der Waals surface area contributed by atoms with Gasteiger partial charge in [-0.1, -0.05) is 33.6 Å². The van der Waals surface area contributed by atoms with Gasteiger partial charge in [-0.2, -0.15) is 18.3 Å². The third-order valence-electron chi connectivity index (χ3n) is 2.84. The van der Waals surface area contributed by atoms with E-state index < -0.39 is 11.9 Å². The summed E-state index contributed by atoms with van der Waals surface area (Å²) in [6.45, 7) is 3.67. The summed E-state index contributed by atoms with van der Waals surface area (Å²) in [6, 6.07) is 5.27. The maximum Gasteiger partial charge on any atom is 0.433 e. The number of alkyl halides is 4. The lowest BCUT2D eigenvalue weighted by Gasteiger charge is -2.14. The lowest BCUT2D eigenvalue weighted by Crippen LogP contribution is -2.15. The molecule has 0 aliphatic rings. The number of benzene rings is 1. The van der Waals surface area contributed by atoms with Crippen LogP contribution in [0, 0.1) is 13.8 Å². The first kappa shape index (κ1) is 14.1. The van der Waals surface area contributed by atoms with Gasteiger partial charge in [0.25, 0.3) is 0 Å². The monoisotopic (exact) mass is 332 g/mol. The van der Waals surface area contributed by atoms with E-state index in [9.17, 15) is 13.2 Å². The third-order valence-corrected chi connectivity index (χ3v) is 3.44. The first-order valence-corrected chi connectivity index (χ1v) is 6.74. The molecular weight excluding hydrogens is 321 g/mol. The number of nitrogens with zero attached hydrogens (tertiary/aromatic N) is 2. The molecular formula is C13H12BrF3N2. The second kappa shape index (κ2) is 5.00. The number of rotatable bonds is 2. The Morgan fingerprint density at radius 1 is 1.26 bits per heavy atom. The first-order chi connectivity index (χ1) is 8.84. The van der Waals surface area contributed by atoms with Crippen molar-refractivity contribution in [3.63, 3.8) is 0 Å². The summed E-state index contributed by atoms with van der Waals surface area (Å²) in [5, 5.41) is 4.00. The van der Waals surface area contributed by atoms with Gasteiger partial charge in [-0.05, 0) is 25.5 Å². The second-order valence-electron chi connectivity index (χ2n) is 4.35. The molecule has 0 saturated heterocycles. The molecule has 1 aromatic heterocycles. The van der Waals surface area contributed by atoms with E-state index in [2.05, 4.69) is 21.0 Å². The Balaban J connectivity index is 2.66. The van der Waals surface area contributed by atoms with Crippen molar-refractivity contribution in [2.45, 2.75) is 25.4 Å². The SMILES string of the molecule is Cc1ccc(-n2ncc(CBr)c2C(F)(F)F)c(C)c1. The summed E-state index contributed by atoms with van der Waals surface area (Å²) < 4.78 is 40.4. The van der Waals surface area contributed by atoms with E-state index in [-0.39, 0.29) is 10.9 Å². The van der Waals surface area contributed by atoms with Crippen molar-refractivity contribution >= 4 is 15.9 Å². The van der Waals surface area contributed by atoms with Crippen LogP contribution >= 0.6 is 15.9 Å². The molecule has 0 aliphatic heterocycles. The zero-order chi connectivity index (χ0) is 14.2. The molecule has 0 radical (unpaired) electrons. The maximum atomic E-state index is 13.1. The lowest BCUT2D eigenvalue weighted by atomic mass is 10.1. The zero-order valence-electron chi connectivity index (χ0n) is 10.4. The van der Waals surface area contributed by atoms with Gasteiger partial charge >= 0.3 is 6.18 Å². The van der Waals surface area contributed by atoms with Crippen LogP contribution < -0.4 is 0 Å². The number of hydrogen-bond donors (Lipinski definition) is 0. The molecule has 6 heteroatoms. The predicted molar refractivity (Wildman–Crippen MR) is 70.7 cm³/mol. The Morgan fingerprint density at radius 2 is 1.95 bits per heavy atom. The van der Waals surface area contributed by atoms with Crippen molar-refractivity contribution in [2.24, 2.45) is 0 Å². The predicted octanol–water partition coefficient (Wildman–Crippen LogP) is 4.40. The van der Waals surface area contributed by atoms with Crippen molar-refractivity contribution in [3.8, 4) is 5.69 Å². The number of halogens is 4. The van der Waals surface area contributed by atoms with Gasteiger partial charge in [-0.3, -0.25) is 0 Å². The summed E-state index contributed by atoms with van der Waals surface area (Å²) in [4.78, 5) is 0. The van der Waals surface area contributed by atoms with Gasteiger partial charge < -0.3 is 0 Å². The quantitative estimate of drug-likeness (QED) is 0.745. The molecule has 1 heterocycles. The average Bonchev–Trinajstić information content (AvgIpc) is 2.72. The third kappa shape index (κ3) is 2.68. The first-order valence-electron chi connectivity index (χ1n) is 5.62. The summed E-state index contributed by atoms with van der Waals surface area (Å²) in [5.41, 5.74) is 1.62. The number of aromatic nitrogens is 2. The van der Waals surface area contributed by atoms with Crippen molar-refractivity contribution in [1.29, 1.82) is 0 Å². The van der Waals surface area contributed by atoms with Gasteiger partial charge in [0, 0.05) is 10.9 Å². The highest BCUT2D eigenvalue weighted by molar-refractivity contribution is 9.08. The molecule has 0 fully saturated rings. The van der Waals surface area contributed by atoms with Crippen LogP contribution in [0.3, 0.4) is 0 Å². The highest BCUT2D eigenvalue weighted by atomic mass is 79.9. The molecule has 0 unspecified atom stereocenters. The maximum absolute atomic E-state index is 13.1. The molecule has 2 aromatic rings. The fourth-order valence-electron chi connectivity index (χ4n) is 2.01. The summed E-state index contributed by atoms with van der Waals surface area (Å²) in [7, 11) is 0. The van der Waals surface area contributed by atoms with E-state index in [0.717, 1.165) is 15.8 Å². The zero-order valence-corrected chi connectivity index (χ0v) is 12.0. The molecule has 0 N–H and O–H groups in total. The van der Waals surface area contributed by atoms with Crippen LogP contribution in [0.15, 0.2) is 24.4 Å². The molecule has 2 nitrogen and oxygen atoms in total. The number of hydrogen-bond acceptors (Lipinski definition) is 1. The molecule has 0 spiro atoms. The standard InChI is InChI=1S/C13H12BrF3N2/c1-8-3-4-11(9(2)5-8)19-12(13(15,16)17)10(6-14)7-18-19/h3-5,7H,6H2,1-2H3. The minimum Gasteiger partial charge on any atom is -0.228 e. The number of aryl methyl sites for hydroxylation is 2.